The lowest BCUT2D eigenvalue weighted by Gasteiger charge is -2.25. The number of para-hydroxylation sites is 2. The second kappa shape index (κ2) is 10.2. The monoisotopic (exact) mass is 402 g/mol. The summed E-state index contributed by atoms with van der Waals surface area (Å²) in [5, 5.41) is 3.04. The van der Waals surface area contributed by atoms with Crippen molar-refractivity contribution >= 4 is 46.8 Å². The van der Waals surface area contributed by atoms with Crippen molar-refractivity contribution in [3.8, 4) is 0 Å². The quantitative estimate of drug-likeness (QED) is 0.241. The number of anilines is 3. The largest absolute Gasteiger partial charge is 0.428 e. The van der Waals surface area contributed by atoms with Crippen LogP contribution in [0.3, 0.4) is 0 Å². The smallest absolute Gasteiger partial charge is 0.262 e. The van der Waals surface area contributed by atoms with Crippen LogP contribution in [0.2, 0.25) is 0 Å². The molecule has 0 saturated heterocycles. The molecule has 0 saturated carbocycles. The topological polar surface area (TPSA) is 41.6 Å². The zero-order chi connectivity index (χ0) is 20.5. The van der Waals surface area contributed by atoms with Gasteiger partial charge >= 0.3 is 0 Å². The van der Waals surface area contributed by atoms with Crippen molar-refractivity contribution in [3.63, 3.8) is 0 Å². The van der Waals surface area contributed by atoms with Gasteiger partial charge in [-0.25, -0.2) is 0 Å². The van der Waals surface area contributed by atoms with Gasteiger partial charge in [0.05, 0.1) is 0 Å². The molecule has 0 spiro atoms. The van der Waals surface area contributed by atoms with E-state index in [1.807, 2.05) is 67.6 Å². The molecule has 1 N–H and O–H groups in total. The molecule has 0 fully saturated rings. The van der Waals surface area contributed by atoms with E-state index in [0.717, 1.165) is 22.6 Å². The molecule has 146 valence electrons. The first-order valence-electron chi connectivity index (χ1n) is 9.34. The summed E-state index contributed by atoms with van der Waals surface area (Å²) in [4.78, 5) is 13.5. The average Bonchev–Trinajstić information content (AvgIpc) is 2.76. The van der Waals surface area contributed by atoms with Crippen molar-refractivity contribution in [3.05, 3.63) is 96.3 Å². The van der Waals surface area contributed by atoms with Crippen molar-refractivity contribution in [2.24, 2.45) is 0 Å². The Morgan fingerprint density at radius 2 is 1.41 bits per heavy atom. The highest BCUT2D eigenvalue weighted by molar-refractivity contribution is 7.80. The molecule has 0 aliphatic heterocycles. The molecule has 0 unspecified atom stereocenters. The summed E-state index contributed by atoms with van der Waals surface area (Å²) in [7, 11) is 0. The predicted molar refractivity (Wildman–Crippen MR) is 123 cm³/mol. The molecule has 3 aromatic rings. The number of thiocarbonyl (C=S) groups is 1. The van der Waals surface area contributed by atoms with Crippen LogP contribution >= 0.6 is 12.2 Å². The number of carbonyl (C=O) groups is 1. The Labute approximate surface area is 176 Å². The van der Waals surface area contributed by atoms with Gasteiger partial charge in [0, 0.05) is 23.6 Å². The van der Waals surface area contributed by atoms with E-state index in [1.165, 1.54) is 0 Å². The van der Waals surface area contributed by atoms with Crippen LogP contribution in [0.5, 0.6) is 0 Å². The minimum Gasteiger partial charge on any atom is -0.428 e. The zero-order valence-electron chi connectivity index (χ0n) is 16.1. The number of hydrogen-bond donors (Lipinski definition) is 1. The zero-order valence-corrected chi connectivity index (χ0v) is 16.9. The van der Waals surface area contributed by atoms with Gasteiger partial charge in [0.2, 0.25) is 0 Å². The number of ether oxygens (including phenoxy) is 1. The van der Waals surface area contributed by atoms with Crippen LogP contribution in [0, 0.1) is 0 Å². The lowest BCUT2D eigenvalue weighted by atomic mass is 10.1. The summed E-state index contributed by atoms with van der Waals surface area (Å²) in [5.41, 5.74) is 3.98. The van der Waals surface area contributed by atoms with E-state index in [0.29, 0.717) is 12.8 Å². The molecular weight excluding hydrogens is 380 g/mol. The summed E-state index contributed by atoms with van der Waals surface area (Å²) in [5.74, 6) is 0.159. The number of aldehydes is 1. The number of allylic oxidation sites excluding steroid dienone is 1. The van der Waals surface area contributed by atoms with Crippen molar-refractivity contribution in [1.82, 2.24) is 5.32 Å². The molecule has 0 amide bonds. The number of carbonyl (C=O) groups excluding carboxylic acids is 1. The van der Waals surface area contributed by atoms with Gasteiger partial charge in [-0.2, -0.15) is 0 Å². The van der Waals surface area contributed by atoms with Gasteiger partial charge in [-0.15, -0.1) is 0 Å². The Kier molecular flexibility index (Phi) is 7.14. The first-order chi connectivity index (χ1) is 14.2. The van der Waals surface area contributed by atoms with Gasteiger partial charge in [0.25, 0.3) is 5.17 Å². The van der Waals surface area contributed by atoms with Crippen LogP contribution in [-0.2, 0) is 9.53 Å². The molecule has 29 heavy (non-hydrogen) atoms. The van der Waals surface area contributed by atoms with Gasteiger partial charge < -0.3 is 15.0 Å². The molecule has 0 aromatic heterocycles. The first kappa shape index (κ1) is 20.3. The highest BCUT2D eigenvalue weighted by Gasteiger charge is 2.11. The van der Waals surface area contributed by atoms with E-state index in [1.54, 1.807) is 6.08 Å². The molecule has 0 atom stereocenters. The third-order valence-corrected chi connectivity index (χ3v) is 4.36. The van der Waals surface area contributed by atoms with Crippen LogP contribution in [-0.4, -0.2) is 18.0 Å². The Balaban J connectivity index is 1.89. The van der Waals surface area contributed by atoms with E-state index in [2.05, 4.69) is 34.5 Å². The van der Waals surface area contributed by atoms with Crippen molar-refractivity contribution in [2.45, 2.75) is 6.92 Å². The molecule has 4 nitrogen and oxygen atoms in total. The van der Waals surface area contributed by atoms with Crippen molar-refractivity contribution < 1.29 is 9.53 Å². The fourth-order valence-corrected chi connectivity index (χ4v) is 3.10. The maximum atomic E-state index is 11.3. The van der Waals surface area contributed by atoms with E-state index in [-0.39, 0.29) is 10.9 Å². The molecule has 0 aliphatic rings. The number of hydrogen-bond acceptors (Lipinski definition) is 4. The summed E-state index contributed by atoms with van der Waals surface area (Å²) in [6.45, 7) is 2.54. The van der Waals surface area contributed by atoms with E-state index in [4.69, 9.17) is 17.0 Å². The summed E-state index contributed by atoms with van der Waals surface area (Å²) < 4.78 is 5.36. The lowest BCUT2D eigenvalue weighted by Crippen LogP contribution is -2.23. The average molecular weight is 403 g/mol. The Morgan fingerprint density at radius 1 is 0.897 bits per heavy atom. The molecule has 3 rings (SSSR count). The minimum absolute atomic E-state index is 0.159. The van der Waals surface area contributed by atoms with Gasteiger partial charge in [-0.3, -0.25) is 4.79 Å². The van der Waals surface area contributed by atoms with Gasteiger partial charge in [0.1, 0.15) is 0 Å². The fraction of sp³-hybridized carbons (Fsp3) is 0.0833. The van der Waals surface area contributed by atoms with E-state index >= 15 is 0 Å². The number of benzene rings is 3. The Bertz CT molecular complexity index is 931. The lowest BCUT2D eigenvalue weighted by molar-refractivity contribution is -0.106. The van der Waals surface area contributed by atoms with Gasteiger partial charge in [0.15, 0.2) is 12.0 Å². The molecule has 0 heterocycles. The van der Waals surface area contributed by atoms with Crippen LogP contribution < -0.4 is 10.2 Å². The molecule has 5 heteroatoms. The standard InChI is InChI=1S/C24H22N2O2S/c1-2-25-24(29)28-23(18-27)17-19-13-15-22(16-14-19)26(20-9-5-3-6-10-20)21-11-7-4-8-12-21/h3-18H,2H2,1H3,(H,25,29)/b23-17+. The van der Waals surface area contributed by atoms with Crippen LogP contribution in [0.15, 0.2) is 90.7 Å². The second-order valence-corrected chi connectivity index (χ2v) is 6.55. The second-order valence-electron chi connectivity index (χ2n) is 6.18. The maximum absolute atomic E-state index is 11.3. The van der Waals surface area contributed by atoms with Crippen molar-refractivity contribution in [1.29, 1.82) is 0 Å². The first-order valence-corrected chi connectivity index (χ1v) is 9.75. The summed E-state index contributed by atoms with van der Waals surface area (Å²) >= 11 is 5.04. The molecule has 0 aliphatic carbocycles. The number of nitrogens with zero attached hydrogens (tertiary/aromatic N) is 1. The molecule has 0 radical (unpaired) electrons. The molecule has 0 bridgehead atoms. The predicted octanol–water partition coefficient (Wildman–Crippen LogP) is 5.61. The Hall–Kier alpha value is -3.44. The highest BCUT2D eigenvalue weighted by Crippen LogP contribution is 2.34. The maximum Gasteiger partial charge on any atom is 0.262 e. The van der Waals surface area contributed by atoms with Crippen LogP contribution in [0.4, 0.5) is 17.1 Å². The van der Waals surface area contributed by atoms with E-state index < -0.39 is 0 Å². The van der Waals surface area contributed by atoms with Gasteiger partial charge in [-0.05, 0) is 67.2 Å². The normalized spacial score (nSPS) is 10.9. The number of rotatable bonds is 7. The van der Waals surface area contributed by atoms with Crippen LogP contribution in [0.1, 0.15) is 12.5 Å². The van der Waals surface area contributed by atoms with Crippen LogP contribution in [0.25, 0.3) is 6.08 Å². The minimum atomic E-state index is 0.159. The third-order valence-electron chi connectivity index (χ3n) is 4.14. The van der Waals surface area contributed by atoms with Gasteiger partial charge in [-0.1, -0.05) is 48.5 Å². The summed E-state index contributed by atoms with van der Waals surface area (Å²) in [6, 6.07) is 28.3. The molecular formula is C24H22N2O2S. The Morgan fingerprint density at radius 3 is 1.90 bits per heavy atom. The van der Waals surface area contributed by atoms with E-state index in [9.17, 15) is 4.79 Å². The summed E-state index contributed by atoms with van der Waals surface area (Å²) in [6.07, 6.45) is 2.31. The fourth-order valence-electron chi connectivity index (χ4n) is 2.86. The number of nitrogens with one attached hydrogen (secondary N) is 1. The SMILES string of the molecule is CCNC(=S)O/C(C=O)=C/c1ccc(N(c2ccccc2)c2ccccc2)cc1. The van der Waals surface area contributed by atoms with Crippen molar-refractivity contribution in [2.75, 3.05) is 11.4 Å². The highest BCUT2D eigenvalue weighted by atomic mass is 32.1. The third kappa shape index (κ3) is 5.53. The molecule has 3 aromatic carbocycles.